The number of nitrogens with one attached hydrogen (secondary N) is 1. The summed E-state index contributed by atoms with van der Waals surface area (Å²) >= 11 is 1.43. The van der Waals surface area contributed by atoms with Crippen molar-refractivity contribution in [3.05, 3.63) is 34.4 Å². The van der Waals surface area contributed by atoms with Crippen molar-refractivity contribution in [1.82, 2.24) is 20.5 Å². The van der Waals surface area contributed by atoms with Crippen molar-refractivity contribution in [2.75, 3.05) is 24.5 Å². The Morgan fingerprint density at radius 2 is 2.18 bits per heavy atom. The van der Waals surface area contributed by atoms with E-state index in [4.69, 9.17) is 0 Å². The molecule has 0 bridgehead atoms. The highest BCUT2D eigenvalue weighted by Crippen LogP contribution is 2.38. The molecule has 0 aromatic carbocycles. The van der Waals surface area contributed by atoms with Gasteiger partial charge in [-0.25, -0.2) is 4.98 Å². The van der Waals surface area contributed by atoms with Crippen LogP contribution in [0.25, 0.3) is 0 Å². The zero-order valence-corrected chi connectivity index (χ0v) is 12.9. The fourth-order valence-electron chi connectivity index (χ4n) is 2.64. The minimum absolute atomic E-state index is 0.0896. The highest BCUT2D eigenvalue weighted by Gasteiger charge is 2.29. The molecule has 22 heavy (non-hydrogen) atoms. The van der Waals surface area contributed by atoms with E-state index >= 15 is 0 Å². The molecule has 4 rings (SSSR count). The summed E-state index contributed by atoms with van der Waals surface area (Å²) in [6.07, 6.45) is 2.50. The van der Waals surface area contributed by atoms with Crippen LogP contribution in [0.3, 0.4) is 0 Å². The van der Waals surface area contributed by atoms with Gasteiger partial charge in [0.15, 0.2) is 5.82 Å². The summed E-state index contributed by atoms with van der Waals surface area (Å²) in [6, 6.07) is 4.15. The third-order valence-electron chi connectivity index (χ3n) is 4.16. The molecule has 0 spiro atoms. The Labute approximate surface area is 132 Å². The molecule has 1 aliphatic carbocycles. The van der Waals surface area contributed by atoms with Gasteiger partial charge in [0.25, 0.3) is 5.91 Å². The Balaban J connectivity index is 1.24. The van der Waals surface area contributed by atoms with Gasteiger partial charge in [-0.05, 0) is 25.0 Å². The van der Waals surface area contributed by atoms with Crippen LogP contribution in [0, 0.1) is 5.92 Å². The van der Waals surface area contributed by atoms with Gasteiger partial charge in [-0.2, -0.15) is 5.10 Å². The van der Waals surface area contributed by atoms with Crippen LogP contribution in [0.2, 0.25) is 0 Å². The van der Waals surface area contributed by atoms with E-state index in [1.54, 1.807) is 10.9 Å². The fraction of sp³-hybridized carbons (Fsp3) is 0.467. The molecule has 0 atom stereocenters. The van der Waals surface area contributed by atoms with Crippen LogP contribution >= 0.6 is 11.3 Å². The van der Waals surface area contributed by atoms with E-state index in [2.05, 4.69) is 37.5 Å². The smallest absolute Gasteiger partial charge is 0.270 e. The van der Waals surface area contributed by atoms with Gasteiger partial charge in [-0.15, -0.1) is 16.4 Å². The summed E-state index contributed by atoms with van der Waals surface area (Å²) in [6.45, 7) is 2.50. The predicted octanol–water partition coefficient (Wildman–Crippen LogP) is 1.68. The van der Waals surface area contributed by atoms with Crippen molar-refractivity contribution >= 4 is 23.1 Å². The Hall–Kier alpha value is -2.02. The lowest BCUT2D eigenvalue weighted by Gasteiger charge is -2.39. The highest BCUT2D eigenvalue weighted by atomic mass is 32.1. The first-order chi connectivity index (χ1) is 10.8. The zero-order chi connectivity index (χ0) is 14.9. The average Bonchev–Trinajstić information content (AvgIpc) is 3.20. The standard InChI is InChI=1S/C15H17N5OS/c21-15(13-8-22-9-17-13)16-5-10-6-20(7-10)14-4-3-12(18-19-14)11-1-2-11/h3-4,8-11H,1-2,5-7H2,(H,16,21). The maximum Gasteiger partial charge on any atom is 0.270 e. The second-order valence-corrected chi connectivity index (χ2v) is 6.66. The van der Waals surface area contributed by atoms with E-state index in [9.17, 15) is 4.79 Å². The van der Waals surface area contributed by atoms with E-state index in [0.717, 1.165) is 24.6 Å². The lowest BCUT2D eigenvalue weighted by Crippen LogP contribution is -2.52. The Morgan fingerprint density at radius 1 is 1.32 bits per heavy atom. The SMILES string of the molecule is O=C(NCC1CN(c2ccc(C3CC3)nn2)C1)c1cscn1. The Kier molecular flexibility index (Phi) is 3.49. The molecule has 0 unspecified atom stereocenters. The lowest BCUT2D eigenvalue weighted by molar-refractivity contribution is 0.0940. The lowest BCUT2D eigenvalue weighted by atomic mass is 10.0. The molecule has 1 amide bonds. The van der Waals surface area contributed by atoms with E-state index in [1.807, 2.05) is 0 Å². The van der Waals surface area contributed by atoms with Gasteiger partial charge < -0.3 is 10.2 Å². The summed E-state index contributed by atoms with van der Waals surface area (Å²) in [5, 5.41) is 13.3. The van der Waals surface area contributed by atoms with E-state index < -0.39 is 0 Å². The van der Waals surface area contributed by atoms with Gasteiger partial charge in [-0.1, -0.05) is 0 Å². The molecule has 2 aromatic heterocycles. The van der Waals surface area contributed by atoms with Crippen molar-refractivity contribution in [3.63, 3.8) is 0 Å². The van der Waals surface area contributed by atoms with Gasteiger partial charge >= 0.3 is 0 Å². The Morgan fingerprint density at radius 3 is 2.82 bits per heavy atom. The maximum absolute atomic E-state index is 11.8. The second kappa shape index (κ2) is 5.64. The summed E-state index contributed by atoms with van der Waals surface area (Å²) in [7, 11) is 0. The van der Waals surface area contributed by atoms with Crippen molar-refractivity contribution in [1.29, 1.82) is 0 Å². The van der Waals surface area contributed by atoms with Crippen LogP contribution in [-0.2, 0) is 0 Å². The summed E-state index contributed by atoms with van der Waals surface area (Å²) in [4.78, 5) is 18.0. The van der Waals surface area contributed by atoms with Crippen molar-refractivity contribution < 1.29 is 4.79 Å². The van der Waals surface area contributed by atoms with Gasteiger partial charge in [0.1, 0.15) is 5.69 Å². The number of hydrogen-bond acceptors (Lipinski definition) is 6. The molecule has 2 aliphatic rings. The number of nitrogens with zero attached hydrogens (tertiary/aromatic N) is 4. The van der Waals surface area contributed by atoms with E-state index in [1.165, 1.54) is 24.2 Å². The quantitative estimate of drug-likeness (QED) is 0.909. The van der Waals surface area contributed by atoms with Gasteiger partial charge in [0.05, 0.1) is 11.2 Å². The zero-order valence-electron chi connectivity index (χ0n) is 12.1. The third kappa shape index (κ3) is 2.81. The number of aromatic nitrogens is 3. The third-order valence-corrected chi connectivity index (χ3v) is 4.75. The summed E-state index contributed by atoms with van der Waals surface area (Å²) in [5.74, 6) is 1.96. The monoisotopic (exact) mass is 315 g/mol. The van der Waals surface area contributed by atoms with Crippen LogP contribution in [0.1, 0.15) is 34.9 Å². The minimum Gasteiger partial charge on any atom is -0.354 e. The van der Waals surface area contributed by atoms with E-state index in [0.29, 0.717) is 24.1 Å². The number of carbonyl (C=O) groups is 1. The Bertz CT molecular complexity index is 647. The average molecular weight is 315 g/mol. The van der Waals surface area contributed by atoms with Crippen LogP contribution in [0.4, 0.5) is 5.82 Å². The number of anilines is 1. The largest absolute Gasteiger partial charge is 0.354 e. The molecule has 6 nitrogen and oxygen atoms in total. The summed E-state index contributed by atoms with van der Waals surface area (Å²) < 4.78 is 0. The number of thiazole rings is 1. The van der Waals surface area contributed by atoms with Crippen molar-refractivity contribution in [2.24, 2.45) is 5.92 Å². The van der Waals surface area contributed by atoms with Crippen LogP contribution in [0.15, 0.2) is 23.0 Å². The molecule has 1 saturated carbocycles. The molecule has 7 heteroatoms. The first-order valence-corrected chi connectivity index (χ1v) is 8.49. The minimum atomic E-state index is -0.0896. The fourth-order valence-corrected chi connectivity index (χ4v) is 3.17. The molecular weight excluding hydrogens is 298 g/mol. The van der Waals surface area contributed by atoms with Crippen LogP contribution in [-0.4, -0.2) is 40.7 Å². The second-order valence-electron chi connectivity index (χ2n) is 5.95. The van der Waals surface area contributed by atoms with Crippen LogP contribution in [0.5, 0.6) is 0 Å². The van der Waals surface area contributed by atoms with E-state index in [-0.39, 0.29) is 5.91 Å². The number of hydrogen-bond donors (Lipinski definition) is 1. The molecule has 0 radical (unpaired) electrons. The van der Waals surface area contributed by atoms with Gasteiger partial charge in [-0.3, -0.25) is 4.79 Å². The number of amides is 1. The number of carbonyl (C=O) groups excluding carboxylic acids is 1. The van der Waals surface area contributed by atoms with Crippen molar-refractivity contribution in [2.45, 2.75) is 18.8 Å². The topological polar surface area (TPSA) is 71.0 Å². The first-order valence-electron chi connectivity index (χ1n) is 7.54. The molecule has 2 aromatic rings. The molecule has 1 aliphatic heterocycles. The maximum atomic E-state index is 11.8. The van der Waals surface area contributed by atoms with Crippen LogP contribution < -0.4 is 10.2 Å². The van der Waals surface area contributed by atoms with Gasteiger partial charge in [0, 0.05) is 36.9 Å². The molecule has 1 N–H and O–H groups in total. The normalized spacial score (nSPS) is 18.1. The van der Waals surface area contributed by atoms with Gasteiger partial charge in [0.2, 0.25) is 0 Å². The highest BCUT2D eigenvalue weighted by molar-refractivity contribution is 7.07. The molecule has 3 heterocycles. The molecule has 1 saturated heterocycles. The first kappa shape index (κ1) is 13.6. The molecule has 2 fully saturated rings. The molecule has 114 valence electrons. The van der Waals surface area contributed by atoms with Crippen molar-refractivity contribution in [3.8, 4) is 0 Å². The molecular formula is C15H17N5OS. The summed E-state index contributed by atoms with van der Waals surface area (Å²) in [5.41, 5.74) is 3.29. The predicted molar refractivity (Wildman–Crippen MR) is 84.2 cm³/mol. The number of rotatable bonds is 5.